The highest BCUT2D eigenvalue weighted by Crippen LogP contribution is 2.15. The molecule has 0 heterocycles. The van der Waals surface area contributed by atoms with Crippen LogP contribution in [0.1, 0.15) is 20.3 Å². The third-order valence-corrected chi connectivity index (χ3v) is 2.21. The standard InChI is InChI=1S/C12H20N2/c1-7-12(8-9(2)13-5)10(3)11(4)14-6/h8,13H,2-3,7H2,1,4-6H3/b12-8-,14-11?. The number of allylic oxidation sites excluding steroid dienone is 3. The van der Waals surface area contributed by atoms with Crippen molar-refractivity contribution in [3.8, 4) is 0 Å². The fourth-order valence-corrected chi connectivity index (χ4v) is 1.05. The molecule has 0 rings (SSSR count). The predicted molar refractivity (Wildman–Crippen MR) is 64.7 cm³/mol. The molecule has 78 valence electrons. The van der Waals surface area contributed by atoms with Gasteiger partial charge < -0.3 is 5.32 Å². The van der Waals surface area contributed by atoms with Gasteiger partial charge in [0.15, 0.2) is 0 Å². The van der Waals surface area contributed by atoms with Gasteiger partial charge in [0, 0.05) is 25.5 Å². The second kappa shape index (κ2) is 6.19. The Balaban J connectivity index is 4.82. The van der Waals surface area contributed by atoms with Gasteiger partial charge in [0.05, 0.1) is 0 Å². The quantitative estimate of drug-likeness (QED) is 0.525. The third-order valence-electron chi connectivity index (χ3n) is 2.21. The van der Waals surface area contributed by atoms with Gasteiger partial charge in [-0.2, -0.15) is 0 Å². The summed E-state index contributed by atoms with van der Waals surface area (Å²) in [5.74, 6) is 0. The van der Waals surface area contributed by atoms with Crippen LogP contribution in [-0.2, 0) is 0 Å². The Bertz CT molecular complexity index is 283. The highest BCUT2D eigenvalue weighted by atomic mass is 14.8. The fourth-order valence-electron chi connectivity index (χ4n) is 1.05. The first-order chi connectivity index (χ1) is 6.56. The maximum Gasteiger partial charge on any atom is 0.0382 e. The Hall–Kier alpha value is -1.31. The van der Waals surface area contributed by atoms with Crippen LogP contribution in [0.2, 0.25) is 0 Å². The Morgan fingerprint density at radius 1 is 1.43 bits per heavy atom. The molecule has 0 aliphatic heterocycles. The van der Waals surface area contributed by atoms with E-state index in [0.717, 1.165) is 23.4 Å². The molecular formula is C12H20N2. The lowest BCUT2D eigenvalue weighted by atomic mass is 10.0. The number of hydrogen-bond acceptors (Lipinski definition) is 2. The molecule has 0 saturated carbocycles. The molecule has 0 aliphatic rings. The Labute approximate surface area is 87.1 Å². The van der Waals surface area contributed by atoms with Crippen LogP contribution in [0.5, 0.6) is 0 Å². The van der Waals surface area contributed by atoms with Crippen LogP contribution in [0.4, 0.5) is 0 Å². The molecule has 2 nitrogen and oxygen atoms in total. The zero-order valence-corrected chi connectivity index (χ0v) is 9.65. The van der Waals surface area contributed by atoms with E-state index >= 15 is 0 Å². The Morgan fingerprint density at radius 3 is 2.36 bits per heavy atom. The largest absolute Gasteiger partial charge is 0.389 e. The summed E-state index contributed by atoms with van der Waals surface area (Å²) < 4.78 is 0. The second-order valence-electron chi connectivity index (χ2n) is 3.09. The van der Waals surface area contributed by atoms with Gasteiger partial charge in [0.2, 0.25) is 0 Å². The highest BCUT2D eigenvalue weighted by Gasteiger charge is 2.03. The lowest BCUT2D eigenvalue weighted by Crippen LogP contribution is -2.05. The van der Waals surface area contributed by atoms with Crippen molar-refractivity contribution in [3.05, 3.63) is 36.1 Å². The topological polar surface area (TPSA) is 24.4 Å². The molecule has 0 fully saturated rings. The average molecular weight is 192 g/mol. The van der Waals surface area contributed by atoms with Crippen LogP contribution in [0.25, 0.3) is 0 Å². The van der Waals surface area contributed by atoms with Crippen molar-refractivity contribution >= 4 is 5.71 Å². The number of nitrogens with one attached hydrogen (secondary N) is 1. The van der Waals surface area contributed by atoms with Crippen LogP contribution in [-0.4, -0.2) is 19.8 Å². The molecule has 0 aromatic rings. The van der Waals surface area contributed by atoms with Crippen molar-refractivity contribution in [1.29, 1.82) is 0 Å². The molecule has 2 heteroatoms. The van der Waals surface area contributed by atoms with Crippen molar-refractivity contribution in [2.24, 2.45) is 4.99 Å². The summed E-state index contributed by atoms with van der Waals surface area (Å²) in [5, 5.41) is 2.99. The van der Waals surface area contributed by atoms with E-state index in [0.29, 0.717) is 0 Å². The SMILES string of the molecule is C=C(/C=C(/CC)C(=C)C(C)=NC)NC. The van der Waals surface area contributed by atoms with Crippen molar-refractivity contribution < 1.29 is 0 Å². The first kappa shape index (κ1) is 12.7. The minimum Gasteiger partial charge on any atom is -0.389 e. The summed E-state index contributed by atoms with van der Waals surface area (Å²) >= 11 is 0. The van der Waals surface area contributed by atoms with Crippen LogP contribution in [0.15, 0.2) is 41.1 Å². The van der Waals surface area contributed by atoms with E-state index in [9.17, 15) is 0 Å². The van der Waals surface area contributed by atoms with Crippen molar-refractivity contribution in [3.63, 3.8) is 0 Å². The van der Waals surface area contributed by atoms with Crippen LogP contribution >= 0.6 is 0 Å². The molecule has 0 aromatic heterocycles. The lowest BCUT2D eigenvalue weighted by molar-refractivity contribution is 1.02. The molecule has 14 heavy (non-hydrogen) atoms. The van der Waals surface area contributed by atoms with E-state index in [1.54, 1.807) is 7.05 Å². The van der Waals surface area contributed by atoms with Gasteiger partial charge in [-0.05, 0) is 30.6 Å². The molecule has 0 aliphatic carbocycles. The van der Waals surface area contributed by atoms with E-state index in [2.05, 4.69) is 30.4 Å². The van der Waals surface area contributed by atoms with E-state index < -0.39 is 0 Å². The summed E-state index contributed by atoms with van der Waals surface area (Å²) in [6.45, 7) is 11.9. The maximum absolute atomic E-state index is 4.12. The smallest absolute Gasteiger partial charge is 0.0382 e. The molecule has 0 spiro atoms. The first-order valence-corrected chi connectivity index (χ1v) is 4.77. The molecule has 0 bridgehead atoms. The minimum atomic E-state index is 0.895. The van der Waals surface area contributed by atoms with Gasteiger partial charge in [-0.15, -0.1) is 0 Å². The third kappa shape index (κ3) is 3.60. The molecule has 0 atom stereocenters. The van der Waals surface area contributed by atoms with Crippen LogP contribution < -0.4 is 5.32 Å². The summed E-state index contributed by atoms with van der Waals surface area (Å²) in [6.07, 6.45) is 2.95. The van der Waals surface area contributed by atoms with Crippen LogP contribution in [0, 0.1) is 0 Å². The minimum absolute atomic E-state index is 0.895. The first-order valence-electron chi connectivity index (χ1n) is 4.77. The van der Waals surface area contributed by atoms with Gasteiger partial charge in [-0.3, -0.25) is 4.99 Å². The highest BCUT2D eigenvalue weighted by molar-refractivity contribution is 6.01. The molecular weight excluding hydrogens is 172 g/mol. The van der Waals surface area contributed by atoms with Gasteiger partial charge in [0.1, 0.15) is 0 Å². The normalized spacial score (nSPS) is 12.6. The average Bonchev–Trinajstić information content (AvgIpc) is 2.23. The molecule has 0 saturated heterocycles. The van der Waals surface area contributed by atoms with Gasteiger partial charge in [-0.25, -0.2) is 0 Å². The number of nitrogens with zero attached hydrogens (tertiary/aromatic N) is 1. The van der Waals surface area contributed by atoms with Crippen molar-refractivity contribution in [2.75, 3.05) is 14.1 Å². The van der Waals surface area contributed by atoms with Gasteiger partial charge in [-0.1, -0.05) is 20.1 Å². The zero-order chi connectivity index (χ0) is 11.1. The molecule has 0 aromatic carbocycles. The van der Waals surface area contributed by atoms with E-state index in [1.165, 1.54) is 5.57 Å². The number of aliphatic imine (C=N–C) groups is 1. The lowest BCUT2D eigenvalue weighted by Gasteiger charge is -2.09. The zero-order valence-electron chi connectivity index (χ0n) is 9.65. The number of hydrogen-bond donors (Lipinski definition) is 1. The summed E-state index contributed by atoms with van der Waals surface area (Å²) in [7, 11) is 3.64. The summed E-state index contributed by atoms with van der Waals surface area (Å²) in [4.78, 5) is 4.12. The maximum atomic E-state index is 4.12. The summed E-state index contributed by atoms with van der Waals surface area (Å²) in [6, 6.07) is 0. The van der Waals surface area contributed by atoms with Gasteiger partial charge >= 0.3 is 0 Å². The predicted octanol–water partition coefficient (Wildman–Crippen LogP) is 2.70. The van der Waals surface area contributed by atoms with Gasteiger partial charge in [0.25, 0.3) is 0 Å². The summed E-state index contributed by atoms with van der Waals surface area (Å²) in [5.41, 5.74) is 4.03. The molecule has 0 unspecified atom stereocenters. The van der Waals surface area contributed by atoms with Crippen molar-refractivity contribution in [1.82, 2.24) is 5.32 Å². The monoisotopic (exact) mass is 192 g/mol. The van der Waals surface area contributed by atoms with E-state index in [1.807, 2.05) is 20.0 Å². The van der Waals surface area contributed by atoms with E-state index in [4.69, 9.17) is 0 Å². The van der Waals surface area contributed by atoms with Crippen molar-refractivity contribution in [2.45, 2.75) is 20.3 Å². The Morgan fingerprint density at radius 2 is 2.00 bits per heavy atom. The number of likely N-dealkylation sites (N-methyl/N-ethyl adjacent to an activating group) is 1. The molecule has 0 amide bonds. The number of rotatable bonds is 5. The van der Waals surface area contributed by atoms with E-state index in [-0.39, 0.29) is 0 Å². The second-order valence-corrected chi connectivity index (χ2v) is 3.09. The Kier molecular flexibility index (Phi) is 5.61. The molecule has 0 radical (unpaired) electrons. The molecule has 1 N–H and O–H groups in total. The fraction of sp³-hybridized carbons (Fsp3) is 0.417. The van der Waals surface area contributed by atoms with Crippen LogP contribution in [0.3, 0.4) is 0 Å².